The fraction of sp³-hybridized carbons (Fsp3) is 0.143. The number of hydrogen-bond acceptors (Lipinski definition) is 0. The Balaban J connectivity index is 1.91. The molecule has 3 aromatic carbocycles. The van der Waals surface area contributed by atoms with E-state index in [0.717, 1.165) is 18.5 Å². The molecule has 0 spiro atoms. The van der Waals surface area contributed by atoms with Crippen LogP contribution in [-0.2, 0) is 18.5 Å². The lowest BCUT2D eigenvalue weighted by Crippen LogP contribution is -1.89. The summed E-state index contributed by atoms with van der Waals surface area (Å²) in [6.45, 7) is 0. The second-order valence-electron chi connectivity index (χ2n) is 5.88. The highest BCUT2D eigenvalue weighted by atomic mass is 31.0. The van der Waals surface area contributed by atoms with Crippen molar-refractivity contribution in [3.63, 3.8) is 0 Å². The van der Waals surface area contributed by atoms with Crippen LogP contribution < -0.4 is 0 Å². The highest BCUT2D eigenvalue weighted by Gasteiger charge is 2.06. The summed E-state index contributed by atoms with van der Waals surface area (Å²) >= 11 is 0. The van der Waals surface area contributed by atoms with Crippen LogP contribution >= 0.6 is 27.7 Å². The van der Waals surface area contributed by atoms with Gasteiger partial charge in [-0.15, -0.1) is 27.7 Å². The quantitative estimate of drug-likeness (QED) is 0.474. The van der Waals surface area contributed by atoms with E-state index in [1.54, 1.807) is 0 Å². The SMILES string of the molecule is PCc1ccc(-c2ccc(-c3ccc(CP)cc3CP)cc2)cc1. The molecule has 0 saturated carbocycles. The van der Waals surface area contributed by atoms with Gasteiger partial charge in [0, 0.05) is 0 Å². The van der Waals surface area contributed by atoms with E-state index in [-0.39, 0.29) is 0 Å². The van der Waals surface area contributed by atoms with Crippen molar-refractivity contribution in [2.45, 2.75) is 18.5 Å². The Labute approximate surface area is 152 Å². The summed E-state index contributed by atoms with van der Waals surface area (Å²) in [7, 11) is 8.42. The highest BCUT2D eigenvalue weighted by molar-refractivity contribution is 7.15. The molecule has 122 valence electrons. The second kappa shape index (κ2) is 8.36. The molecule has 0 heterocycles. The standard InChI is InChI=1S/C21H23P3/c22-12-15-1-4-17(5-2-15)18-6-8-19(9-7-18)21-10-3-16(13-23)11-20(21)14-24/h1-11H,12-14,22-24H2. The first kappa shape index (κ1) is 17.8. The summed E-state index contributed by atoms with van der Waals surface area (Å²) in [5.41, 5.74) is 9.26. The molecule has 0 saturated heterocycles. The minimum Gasteiger partial charge on any atom is -0.133 e. The first-order valence-corrected chi connectivity index (χ1v) is 10.6. The third-order valence-corrected chi connectivity index (χ3v) is 5.73. The van der Waals surface area contributed by atoms with E-state index in [9.17, 15) is 0 Å². The lowest BCUT2D eigenvalue weighted by Gasteiger charge is -2.11. The Morgan fingerprint density at radius 2 is 1.00 bits per heavy atom. The second-order valence-corrected chi connectivity index (χ2v) is 7.10. The number of hydrogen-bond donors (Lipinski definition) is 0. The van der Waals surface area contributed by atoms with Crippen LogP contribution in [0.15, 0.2) is 66.7 Å². The third-order valence-electron chi connectivity index (χ3n) is 4.34. The van der Waals surface area contributed by atoms with Crippen molar-refractivity contribution in [2.75, 3.05) is 0 Å². The fourth-order valence-corrected chi connectivity index (χ4v) is 3.76. The molecule has 0 aliphatic carbocycles. The molecular formula is C21H23P3. The maximum absolute atomic E-state index is 2.85. The first-order chi connectivity index (χ1) is 11.7. The van der Waals surface area contributed by atoms with Gasteiger partial charge < -0.3 is 0 Å². The Morgan fingerprint density at radius 1 is 0.500 bits per heavy atom. The number of benzene rings is 3. The number of rotatable bonds is 5. The van der Waals surface area contributed by atoms with Crippen molar-refractivity contribution in [3.05, 3.63) is 83.4 Å². The van der Waals surface area contributed by atoms with E-state index >= 15 is 0 Å². The van der Waals surface area contributed by atoms with Crippen molar-refractivity contribution in [1.82, 2.24) is 0 Å². The molecule has 0 fully saturated rings. The summed E-state index contributed by atoms with van der Waals surface area (Å²) in [4.78, 5) is 0. The van der Waals surface area contributed by atoms with Crippen molar-refractivity contribution in [1.29, 1.82) is 0 Å². The van der Waals surface area contributed by atoms with Gasteiger partial charge in [-0.05, 0) is 57.4 Å². The van der Waals surface area contributed by atoms with Gasteiger partial charge in [-0.1, -0.05) is 66.7 Å². The van der Waals surface area contributed by atoms with Crippen LogP contribution in [0.3, 0.4) is 0 Å². The maximum atomic E-state index is 2.85. The third kappa shape index (κ3) is 3.95. The predicted octanol–water partition coefficient (Wildman–Crippen LogP) is 6.15. The van der Waals surface area contributed by atoms with E-state index in [0.29, 0.717) is 0 Å². The van der Waals surface area contributed by atoms with Gasteiger partial charge in [0.25, 0.3) is 0 Å². The molecule has 3 unspecified atom stereocenters. The summed E-state index contributed by atoms with van der Waals surface area (Å²) in [6.07, 6.45) is 2.98. The lowest BCUT2D eigenvalue weighted by atomic mass is 9.96. The van der Waals surface area contributed by atoms with Crippen LogP contribution in [0.25, 0.3) is 22.3 Å². The molecule has 24 heavy (non-hydrogen) atoms. The highest BCUT2D eigenvalue weighted by Crippen LogP contribution is 2.30. The van der Waals surface area contributed by atoms with Crippen molar-refractivity contribution >= 4 is 27.7 Å². The Bertz CT molecular complexity index is 805. The molecule has 0 aliphatic rings. The monoisotopic (exact) mass is 368 g/mol. The van der Waals surface area contributed by atoms with Gasteiger partial charge >= 0.3 is 0 Å². The van der Waals surface area contributed by atoms with Crippen LogP contribution in [-0.4, -0.2) is 0 Å². The van der Waals surface area contributed by atoms with Crippen molar-refractivity contribution in [2.24, 2.45) is 0 Å². The first-order valence-electron chi connectivity index (χ1n) is 8.17. The minimum absolute atomic E-state index is 0.978. The molecule has 0 aromatic heterocycles. The van der Waals surface area contributed by atoms with Crippen LogP contribution in [0.1, 0.15) is 16.7 Å². The van der Waals surface area contributed by atoms with Gasteiger partial charge in [0.1, 0.15) is 0 Å². The molecular weight excluding hydrogens is 345 g/mol. The van der Waals surface area contributed by atoms with Gasteiger partial charge in [0.15, 0.2) is 0 Å². The molecule has 0 N–H and O–H groups in total. The largest absolute Gasteiger partial charge is 0.133 e. The molecule has 3 atom stereocenters. The molecule has 0 aliphatic heterocycles. The summed E-state index contributed by atoms with van der Waals surface area (Å²) in [5.74, 6) is 0. The van der Waals surface area contributed by atoms with Gasteiger partial charge in [-0.2, -0.15) is 0 Å². The van der Waals surface area contributed by atoms with Crippen molar-refractivity contribution < 1.29 is 0 Å². The molecule has 3 aromatic rings. The fourth-order valence-electron chi connectivity index (χ4n) is 2.90. The van der Waals surface area contributed by atoms with E-state index < -0.39 is 0 Å². The van der Waals surface area contributed by atoms with E-state index in [1.165, 1.54) is 38.9 Å². The average Bonchev–Trinajstić information content (AvgIpc) is 2.67. The molecule has 0 radical (unpaired) electrons. The van der Waals surface area contributed by atoms with Gasteiger partial charge in [0.2, 0.25) is 0 Å². The van der Waals surface area contributed by atoms with Gasteiger partial charge in [-0.3, -0.25) is 0 Å². The zero-order valence-corrected chi connectivity index (χ0v) is 17.2. The molecule has 0 amide bonds. The van der Waals surface area contributed by atoms with Crippen LogP contribution in [0, 0.1) is 0 Å². The van der Waals surface area contributed by atoms with Crippen LogP contribution in [0.2, 0.25) is 0 Å². The summed E-state index contributed by atoms with van der Waals surface area (Å²) in [6, 6.07) is 24.5. The van der Waals surface area contributed by atoms with E-state index in [2.05, 4.69) is 94.4 Å². The van der Waals surface area contributed by atoms with E-state index in [4.69, 9.17) is 0 Å². The Hall–Kier alpha value is -1.05. The zero-order chi connectivity index (χ0) is 16.9. The topological polar surface area (TPSA) is 0 Å². The maximum Gasteiger partial charge on any atom is -0.0122 e. The molecule has 3 heteroatoms. The minimum atomic E-state index is 0.978. The zero-order valence-electron chi connectivity index (χ0n) is 13.7. The molecule has 0 nitrogen and oxygen atoms in total. The average molecular weight is 368 g/mol. The van der Waals surface area contributed by atoms with Crippen molar-refractivity contribution in [3.8, 4) is 22.3 Å². The lowest BCUT2D eigenvalue weighted by molar-refractivity contribution is 1.33. The summed E-state index contributed by atoms with van der Waals surface area (Å²) in [5, 5.41) is 0. The van der Waals surface area contributed by atoms with E-state index in [1.807, 2.05) is 0 Å². The molecule has 3 rings (SSSR count). The van der Waals surface area contributed by atoms with Crippen LogP contribution in [0.5, 0.6) is 0 Å². The Kier molecular flexibility index (Phi) is 6.19. The summed E-state index contributed by atoms with van der Waals surface area (Å²) < 4.78 is 0. The molecule has 0 bridgehead atoms. The Morgan fingerprint density at radius 3 is 1.54 bits per heavy atom. The normalized spacial score (nSPS) is 10.8. The van der Waals surface area contributed by atoms with Gasteiger partial charge in [-0.25, -0.2) is 0 Å². The van der Waals surface area contributed by atoms with Gasteiger partial charge in [0.05, 0.1) is 0 Å². The predicted molar refractivity (Wildman–Crippen MR) is 118 cm³/mol. The van der Waals surface area contributed by atoms with Crippen LogP contribution in [0.4, 0.5) is 0 Å². The smallest absolute Gasteiger partial charge is 0.0122 e.